The SMILES string of the molecule is CC(C)(C)O[SiH2]CCCCCCCC[SiH2]OC(C)(C)C. The Balaban J connectivity index is 3.10. The highest BCUT2D eigenvalue weighted by Gasteiger charge is 2.09. The summed E-state index contributed by atoms with van der Waals surface area (Å²) in [5, 5.41) is 0. The summed E-state index contributed by atoms with van der Waals surface area (Å²) in [6.07, 6.45) is 8.37. The van der Waals surface area contributed by atoms with Gasteiger partial charge in [-0.25, -0.2) is 0 Å². The Bertz CT molecular complexity index is 195. The fourth-order valence-electron chi connectivity index (χ4n) is 2.02. The van der Waals surface area contributed by atoms with Gasteiger partial charge >= 0.3 is 0 Å². The lowest BCUT2D eigenvalue weighted by molar-refractivity contribution is 0.137. The molecule has 0 amide bonds. The molecule has 0 heterocycles. The van der Waals surface area contributed by atoms with Crippen LogP contribution in [0.25, 0.3) is 0 Å². The maximum atomic E-state index is 5.86. The van der Waals surface area contributed by atoms with E-state index in [1.807, 2.05) is 0 Å². The van der Waals surface area contributed by atoms with Crippen LogP contribution in [0.4, 0.5) is 0 Å². The molecule has 0 aliphatic heterocycles. The molecule has 4 heteroatoms. The van der Waals surface area contributed by atoms with Gasteiger partial charge in [-0.3, -0.25) is 0 Å². The molecule has 0 aliphatic rings. The number of hydrogen-bond donors (Lipinski definition) is 0. The summed E-state index contributed by atoms with van der Waals surface area (Å²) in [4.78, 5) is 0. The van der Waals surface area contributed by atoms with Crippen LogP contribution in [0.2, 0.25) is 12.1 Å². The van der Waals surface area contributed by atoms with Gasteiger partial charge in [-0.2, -0.15) is 0 Å². The molecule has 0 bridgehead atoms. The largest absolute Gasteiger partial charge is 0.419 e. The van der Waals surface area contributed by atoms with E-state index >= 15 is 0 Å². The molecule has 122 valence electrons. The molecule has 0 unspecified atom stereocenters. The summed E-state index contributed by atoms with van der Waals surface area (Å²) >= 11 is 0. The topological polar surface area (TPSA) is 18.5 Å². The van der Waals surface area contributed by atoms with Crippen LogP contribution in [-0.2, 0) is 8.85 Å². The Hall–Kier alpha value is 0.354. The lowest BCUT2D eigenvalue weighted by atomic mass is 10.1. The molecule has 0 aromatic carbocycles. The molecule has 0 spiro atoms. The molecule has 0 aromatic rings. The molecule has 0 saturated carbocycles. The summed E-state index contributed by atoms with van der Waals surface area (Å²) in [6.45, 7) is 13.0. The first kappa shape index (κ1) is 20.4. The van der Waals surface area contributed by atoms with E-state index in [0.29, 0.717) is 0 Å². The van der Waals surface area contributed by atoms with Gasteiger partial charge in [-0.05, 0) is 53.6 Å². The van der Waals surface area contributed by atoms with Gasteiger partial charge in [-0.1, -0.05) is 38.5 Å². The zero-order valence-corrected chi connectivity index (χ0v) is 17.7. The predicted molar refractivity (Wildman–Crippen MR) is 96.1 cm³/mol. The van der Waals surface area contributed by atoms with Crippen molar-refractivity contribution in [3.8, 4) is 0 Å². The molecular weight excluding hydrogens is 280 g/mol. The Labute approximate surface area is 132 Å². The highest BCUT2D eigenvalue weighted by molar-refractivity contribution is 6.27. The van der Waals surface area contributed by atoms with E-state index in [0.717, 1.165) is 0 Å². The number of unbranched alkanes of at least 4 members (excludes halogenated alkanes) is 5. The third-order valence-electron chi connectivity index (χ3n) is 3.11. The van der Waals surface area contributed by atoms with Crippen molar-refractivity contribution in [1.82, 2.24) is 0 Å². The van der Waals surface area contributed by atoms with Crippen LogP contribution in [-0.4, -0.2) is 30.7 Å². The molecule has 0 radical (unpaired) electrons. The average Bonchev–Trinajstić information content (AvgIpc) is 2.27. The van der Waals surface area contributed by atoms with Crippen molar-refractivity contribution < 1.29 is 8.85 Å². The first-order valence-electron chi connectivity index (χ1n) is 8.49. The van der Waals surface area contributed by atoms with Gasteiger partial charge in [0, 0.05) is 11.2 Å². The second-order valence-electron chi connectivity index (χ2n) is 7.75. The molecule has 0 aromatic heterocycles. The second-order valence-corrected chi connectivity index (χ2v) is 10.6. The molecule has 2 nitrogen and oxygen atoms in total. The molecule has 0 fully saturated rings. The minimum Gasteiger partial charge on any atom is -0.419 e. The lowest BCUT2D eigenvalue weighted by Crippen LogP contribution is -2.21. The van der Waals surface area contributed by atoms with E-state index in [1.165, 1.54) is 50.6 Å². The second kappa shape index (κ2) is 11.0. The monoisotopic (exact) mass is 318 g/mol. The summed E-state index contributed by atoms with van der Waals surface area (Å²) in [6, 6.07) is 2.70. The molecule has 0 rings (SSSR count). The van der Waals surface area contributed by atoms with Crippen LogP contribution in [0, 0.1) is 0 Å². The normalized spacial score (nSPS) is 14.1. The van der Waals surface area contributed by atoms with E-state index in [1.54, 1.807) is 0 Å². The Morgan fingerprint density at radius 2 is 0.850 bits per heavy atom. The van der Waals surface area contributed by atoms with Gasteiger partial charge in [0.15, 0.2) is 19.5 Å². The third kappa shape index (κ3) is 18.4. The Morgan fingerprint density at radius 1 is 0.550 bits per heavy atom. The number of hydrogen-bond acceptors (Lipinski definition) is 2. The zero-order chi connectivity index (χ0) is 15.5. The first-order chi connectivity index (χ1) is 9.21. The molecule has 0 atom stereocenters. The quantitative estimate of drug-likeness (QED) is 0.424. The standard InChI is InChI=1S/C16H38O2Si2/c1-15(2,3)17-19-13-11-9-7-8-10-12-14-20-18-16(4,5)6/h7-14,19-20H2,1-6H3. The lowest BCUT2D eigenvalue weighted by Gasteiger charge is -2.20. The minimum absolute atomic E-state index is 0.0885. The fourth-order valence-corrected chi connectivity index (χ4v) is 4.65. The van der Waals surface area contributed by atoms with E-state index in [-0.39, 0.29) is 30.7 Å². The van der Waals surface area contributed by atoms with Crippen molar-refractivity contribution in [2.24, 2.45) is 0 Å². The smallest absolute Gasteiger partial charge is 0.162 e. The van der Waals surface area contributed by atoms with Crippen molar-refractivity contribution in [3.63, 3.8) is 0 Å². The van der Waals surface area contributed by atoms with Crippen LogP contribution >= 0.6 is 0 Å². The van der Waals surface area contributed by atoms with Crippen molar-refractivity contribution in [2.75, 3.05) is 0 Å². The zero-order valence-electron chi connectivity index (χ0n) is 14.9. The van der Waals surface area contributed by atoms with Crippen LogP contribution in [0.1, 0.15) is 80.1 Å². The van der Waals surface area contributed by atoms with Gasteiger partial charge in [0.05, 0.1) is 0 Å². The average molecular weight is 319 g/mol. The maximum Gasteiger partial charge on any atom is 0.162 e. The van der Waals surface area contributed by atoms with Crippen molar-refractivity contribution >= 4 is 19.5 Å². The molecule has 0 N–H and O–H groups in total. The van der Waals surface area contributed by atoms with Gasteiger partial charge in [0.25, 0.3) is 0 Å². The first-order valence-corrected chi connectivity index (χ1v) is 11.6. The van der Waals surface area contributed by atoms with Crippen molar-refractivity contribution in [3.05, 3.63) is 0 Å². The fraction of sp³-hybridized carbons (Fsp3) is 1.00. The molecule has 0 aliphatic carbocycles. The van der Waals surface area contributed by atoms with Crippen molar-refractivity contribution in [1.29, 1.82) is 0 Å². The van der Waals surface area contributed by atoms with Crippen molar-refractivity contribution in [2.45, 2.75) is 103 Å². The van der Waals surface area contributed by atoms with Crippen LogP contribution in [0.15, 0.2) is 0 Å². The van der Waals surface area contributed by atoms with Gasteiger partial charge in [0.1, 0.15) is 0 Å². The van der Waals surface area contributed by atoms with E-state index < -0.39 is 0 Å². The summed E-state index contributed by atoms with van der Waals surface area (Å²) in [7, 11) is -0.536. The molecule has 20 heavy (non-hydrogen) atoms. The Morgan fingerprint density at radius 3 is 1.15 bits per heavy atom. The summed E-state index contributed by atoms with van der Waals surface area (Å²) in [5.74, 6) is 0. The van der Waals surface area contributed by atoms with E-state index in [4.69, 9.17) is 8.85 Å². The highest BCUT2D eigenvalue weighted by atomic mass is 28.2. The van der Waals surface area contributed by atoms with Crippen LogP contribution < -0.4 is 0 Å². The third-order valence-corrected chi connectivity index (χ3v) is 6.83. The predicted octanol–water partition coefficient (Wildman–Crippen LogP) is 3.96. The molecule has 0 saturated heterocycles. The number of rotatable bonds is 11. The van der Waals surface area contributed by atoms with Crippen LogP contribution in [0.3, 0.4) is 0 Å². The van der Waals surface area contributed by atoms with E-state index in [9.17, 15) is 0 Å². The van der Waals surface area contributed by atoms with Gasteiger partial charge in [0.2, 0.25) is 0 Å². The summed E-state index contributed by atoms with van der Waals surface area (Å²) < 4.78 is 11.7. The van der Waals surface area contributed by atoms with Gasteiger partial charge < -0.3 is 8.85 Å². The van der Waals surface area contributed by atoms with E-state index in [2.05, 4.69) is 41.5 Å². The van der Waals surface area contributed by atoms with Crippen LogP contribution in [0.5, 0.6) is 0 Å². The molecular formula is C16H38O2Si2. The Kier molecular flexibility index (Phi) is 11.2. The maximum absolute atomic E-state index is 5.86. The summed E-state index contributed by atoms with van der Waals surface area (Å²) in [5.41, 5.74) is 0.177. The van der Waals surface area contributed by atoms with Gasteiger partial charge in [-0.15, -0.1) is 0 Å². The minimum atomic E-state index is -0.268. The highest BCUT2D eigenvalue weighted by Crippen LogP contribution is 2.12.